The normalized spacial score (nSPS) is 14.6. The van der Waals surface area contributed by atoms with E-state index in [1.54, 1.807) is 0 Å². The second-order valence-corrected chi connectivity index (χ2v) is 5.63. The molecule has 0 unspecified atom stereocenters. The Labute approximate surface area is 118 Å². The van der Waals surface area contributed by atoms with Crippen molar-refractivity contribution in [1.29, 1.82) is 0 Å². The van der Waals surface area contributed by atoms with Gasteiger partial charge in [0.05, 0.1) is 6.10 Å². The molecule has 2 atom stereocenters. The van der Waals surface area contributed by atoms with E-state index in [-0.39, 0.29) is 6.10 Å². The minimum Gasteiger partial charge on any atom is -0.391 e. The third-order valence-corrected chi connectivity index (χ3v) is 3.79. The molecular weight excluding hydrogens is 234 g/mol. The molecule has 1 N–H and O–H groups in total. The highest BCUT2D eigenvalue weighted by molar-refractivity contribution is 5.15. The Morgan fingerprint density at radius 3 is 2.47 bits per heavy atom. The molecule has 2 nitrogen and oxygen atoms in total. The van der Waals surface area contributed by atoms with Gasteiger partial charge >= 0.3 is 0 Å². The fourth-order valence-corrected chi connectivity index (χ4v) is 2.37. The minimum absolute atomic E-state index is 0.277. The molecule has 0 aromatic heterocycles. The Balaban J connectivity index is 2.28. The SMILES string of the molecule is CCCCC[C@H](C)N(C)C[C@H](O)Cc1ccccc1. The van der Waals surface area contributed by atoms with Crippen LogP contribution in [0.4, 0.5) is 0 Å². The second-order valence-electron chi connectivity index (χ2n) is 5.63. The third kappa shape index (κ3) is 6.74. The first-order valence-corrected chi connectivity index (χ1v) is 7.55. The molecule has 0 aliphatic heterocycles. The predicted molar refractivity (Wildman–Crippen MR) is 82.4 cm³/mol. The van der Waals surface area contributed by atoms with E-state index in [1.807, 2.05) is 18.2 Å². The maximum absolute atomic E-state index is 10.2. The Hall–Kier alpha value is -0.860. The van der Waals surface area contributed by atoms with Gasteiger partial charge < -0.3 is 10.0 Å². The van der Waals surface area contributed by atoms with E-state index < -0.39 is 0 Å². The van der Waals surface area contributed by atoms with Crippen LogP contribution in [0.2, 0.25) is 0 Å². The molecule has 0 saturated heterocycles. The lowest BCUT2D eigenvalue weighted by atomic mass is 10.1. The lowest BCUT2D eigenvalue weighted by Gasteiger charge is -2.27. The molecule has 1 rings (SSSR count). The van der Waals surface area contributed by atoms with Crippen molar-refractivity contribution in [3.8, 4) is 0 Å². The number of hydrogen-bond acceptors (Lipinski definition) is 2. The largest absolute Gasteiger partial charge is 0.391 e. The van der Waals surface area contributed by atoms with Crippen molar-refractivity contribution >= 4 is 0 Å². The molecule has 0 saturated carbocycles. The summed E-state index contributed by atoms with van der Waals surface area (Å²) in [6, 6.07) is 10.8. The fraction of sp³-hybridized carbons (Fsp3) is 0.647. The standard InChI is InChI=1S/C17H29NO/c1-4-5-7-10-15(2)18(3)14-17(19)13-16-11-8-6-9-12-16/h6,8-9,11-12,15,17,19H,4-5,7,10,13-14H2,1-3H3/t15-,17+/m0/s1. The summed E-state index contributed by atoms with van der Waals surface area (Å²) in [5.74, 6) is 0. The smallest absolute Gasteiger partial charge is 0.0707 e. The van der Waals surface area contributed by atoms with Gasteiger partial charge in [-0.1, -0.05) is 56.5 Å². The van der Waals surface area contributed by atoms with E-state index in [4.69, 9.17) is 0 Å². The average Bonchev–Trinajstić information content (AvgIpc) is 2.39. The quantitative estimate of drug-likeness (QED) is 0.689. The van der Waals surface area contributed by atoms with Crippen molar-refractivity contribution in [2.75, 3.05) is 13.6 Å². The highest BCUT2D eigenvalue weighted by Gasteiger charge is 2.13. The summed E-state index contributed by atoms with van der Waals surface area (Å²) in [4.78, 5) is 2.28. The maximum atomic E-state index is 10.2. The van der Waals surface area contributed by atoms with Gasteiger partial charge in [0.25, 0.3) is 0 Å². The number of aliphatic hydroxyl groups excluding tert-OH is 1. The summed E-state index contributed by atoms with van der Waals surface area (Å²) in [5.41, 5.74) is 1.21. The topological polar surface area (TPSA) is 23.5 Å². The zero-order chi connectivity index (χ0) is 14.1. The second kappa shape index (κ2) is 9.11. The molecule has 2 heteroatoms. The molecule has 0 fully saturated rings. The van der Waals surface area contributed by atoms with Gasteiger partial charge in [-0.05, 0) is 32.4 Å². The average molecular weight is 263 g/mol. The van der Waals surface area contributed by atoms with E-state index in [9.17, 15) is 5.11 Å². The lowest BCUT2D eigenvalue weighted by molar-refractivity contribution is 0.105. The summed E-state index contributed by atoms with van der Waals surface area (Å²) in [7, 11) is 2.12. The van der Waals surface area contributed by atoms with Crippen LogP contribution >= 0.6 is 0 Å². The van der Waals surface area contributed by atoms with Gasteiger partial charge in [0, 0.05) is 12.6 Å². The third-order valence-electron chi connectivity index (χ3n) is 3.79. The van der Waals surface area contributed by atoms with Crippen molar-refractivity contribution < 1.29 is 5.11 Å². The molecule has 0 amide bonds. The molecule has 108 valence electrons. The number of likely N-dealkylation sites (N-methyl/N-ethyl adjacent to an activating group) is 1. The van der Waals surface area contributed by atoms with Crippen molar-refractivity contribution in [3.63, 3.8) is 0 Å². The first-order chi connectivity index (χ1) is 9.13. The van der Waals surface area contributed by atoms with Gasteiger partial charge in [-0.15, -0.1) is 0 Å². The van der Waals surface area contributed by atoms with Crippen LogP contribution < -0.4 is 0 Å². The first kappa shape index (κ1) is 16.2. The minimum atomic E-state index is -0.277. The molecule has 0 aliphatic carbocycles. The number of benzene rings is 1. The van der Waals surface area contributed by atoms with Gasteiger partial charge in [0.2, 0.25) is 0 Å². The van der Waals surface area contributed by atoms with Crippen molar-refractivity contribution in [1.82, 2.24) is 4.90 Å². The zero-order valence-electron chi connectivity index (χ0n) is 12.7. The van der Waals surface area contributed by atoms with Crippen LogP contribution in [0, 0.1) is 0 Å². The van der Waals surface area contributed by atoms with E-state index >= 15 is 0 Å². The van der Waals surface area contributed by atoms with Gasteiger partial charge in [-0.25, -0.2) is 0 Å². The van der Waals surface area contributed by atoms with Gasteiger partial charge in [0.15, 0.2) is 0 Å². The Bertz CT molecular complexity index is 325. The Morgan fingerprint density at radius 1 is 1.16 bits per heavy atom. The van der Waals surface area contributed by atoms with E-state index in [0.717, 1.165) is 13.0 Å². The number of rotatable bonds is 9. The number of unbranched alkanes of at least 4 members (excludes halogenated alkanes) is 2. The number of aliphatic hydroxyl groups is 1. The molecule has 1 aromatic rings. The van der Waals surface area contributed by atoms with Crippen LogP contribution in [-0.4, -0.2) is 35.7 Å². The summed E-state index contributed by atoms with van der Waals surface area (Å²) in [6.45, 7) is 5.24. The van der Waals surface area contributed by atoms with Crippen molar-refractivity contribution in [2.45, 2.75) is 58.1 Å². The van der Waals surface area contributed by atoms with Crippen LogP contribution in [0.5, 0.6) is 0 Å². The van der Waals surface area contributed by atoms with Crippen LogP contribution in [0.15, 0.2) is 30.3 Å². The summed E-state index contributed by atoms with van der Waals surface area (Å²) < 4.78 is 0. The predicted octanol–water partition coefficient (Wildman–Crippen LogP) is 3.49. The van der Waals surface area contributed by atoms with Crippen LogP contribution in [0.25, 0.3) is 0 Å². The van der Waals surface area contributed by atoms with Gasteiger partial charge in [-0.3, -0.25) is 0 Å². The Morgan fingerprint density at radius 2 is 1.84 bits per heavy atom. The molecule has 1 aromatic carbocycles. The van der Waals surface area contributed by atoms with Gasteiger partial charge in [0.1, 0.15) is 0 Å². The fourth-order valence-electron chi connectivity index (χ4n) is 2.37. The molecule has 0 bridgehead atoms. The van der Waals surface area contributed by atoms with Crippen molar-refractivity contribution in [3.05, 3.63) is 35.9 Å². The number of hydrogen-bond donors (Lipinski definition) is 1. The maximum Gasteiger partial charge on any atom is 0.0707 e. The molecular formula is C17H29NO. The monoisotopic (exact) mass is 263 g/mol. The molecule has 0 radical (unpaired) electrons. The van der Waals surface area contributed by atoms with E-state index in [2.05, 4.69) is 37.9 Å². The molecule has 0 spiro atoms. The lowest BCUT2D eigenvalue weighted by Crippen LogP contribution is -2.36. The zero-order valence-corrected chi connectivity index (χ0v) is 12.7. The van der Waals surface area contributed by atoms with Crippen LogP contribution in [0.1, 0.15) is 45.1 Å². The molecule has 19 heavy (non-hydrogen) atoms. The number of nitrogens with zero attached hydrogens (tertiary/aromatic N) is 1. The van der Waals surface area contributed by atoms with Crippen molar-refractivity contribution in [2.24, 2.45) is 0 Å². The summed E-state index contributed by atoms with van der Waals surface area (Å²) in [5, 5.41) is 10.2. The summed E-state index contributed by atoms with van der Waals surface area (Å²) >= 11 is 0. The highest BCUT2D eigenvalue weighted by atomic mass is 16.3. The van der Waals surface area contributed by atoms with Crippen LogP contribution in [0.3, 0.4) is 0 Å². The van der Waals surface area contributed by atoms with Crippen LogP contribution in [-0.2, 0) is 6.42 Å². The van der Waals surface area contributed by atoms with E-state index in [0.29, 0.717) is 6.04 Å². The first-order valence-electron chi connectivity index (χ1n) is 7.55. The van der Waals surface area contributed by atoms with Gasteiger partial charge in [-0.2, -0.15) is 0 Å². The Kier molecular flexibility index (Phi) is 7.76. The highest BCUT2D eigenvalue weighted by Crippen LogP contribution is 2.10. The summed E-state index contributed by atoms with van der Waals surface area (Å²) in [6.07, 6.45) is 5.56. The molecule has 0 aliphatic rings. The van der Waals surface area contributed by atoms with E-state index in [1.165, 1.54) is 31.2 Å². The molecule has 0 heterocycles.